The van der Waals surface area contributed by atoms with Gasteiger partial charge in [-0.15, -0.1) is 0 Å². The molecule has 0 spiro atoms. The van der Waals surface area contributed by atoms with Gasteiger partial charge < -0.3 is 15.4 Å². The largest absolute Gasteiger partial charge is 0.483 e. The van der Waals surface area contributed by atoms with Crippen LogP contribution in [0.25, 0.3) is 0 Å². The van der Waals surface area contributed by atoms with Gasteiger partial charge in [0.05, 0.1) is 27.6 Å². The first-order valence-electron chi connectivity index (χ1n) is 9.79. The quantitative estimate of drug-likeness (QED) is 0.207. The van der Waals surface area contributed by atoms with Crippen LogP contribution in [0.3, 0.4) is 0 Å². The summed E-state index contributed by atoms with van der Waals surface area (Å²) < 4.78 is 19.9. The van der Waals surface area contributed by atoms with Crippen molar-refractivity contribution in [3.8, 4) is 5.75 Å². The molecule has 12 heteroatoms. The predicted octanol–water partition coefficient (Wildman–Crippen LogP) is 5.00. The van der Waals surface area contributed by atoms with E-state index in [4.69, 9.17) is 27.9 Å². The van der Waals surface area contributed by atoms with E-state index < -0.39 is 23.5 Å². The van der Waals surface area contributed by atoms with Gasteiger partial charge in [0.2, 0.25) is 0 Å². The molecule has 0 unspecified atom stereocenters. The number of nitrogens with zero attached hydrogens (tertiary/aromatic N) is 1. The summed E-state index contributed by atoms with van der Waals surface area (Å²) in [5.74, 6) is -3.11. The van der Waals surface area contributed by atoms with E-state index in [1.54, 1.807) is 36.4 Å². The Morgan fingerprint density at radius 2 is 1.71 bits per heavy atom. The molecule has 0 saturated heterocycles. The summed E-state index contributed by atoms with van der Waals surface area (Å²) in [6.45, 7) is -0.358. The van der Waals surface area contributed by atoms with Crippen molar-refractivity contribution < 1.29 is 23.5 Å². The maximum atomic E-state index is 13.6. The zero-order valence-corrected chi connectivity index (χ0v) is 20.7. The molecule has 0 aliphatic carbocycles. The van der Waals surface area contributed by atoms with Crippen molar-refractivity contribution in [3.63, 3.8) is 0 Å². The van der Waals surface area contributed by atoms with E-state index in [0.29, 0.717) is 20.7 Å². The highest BCUT2D eigenvalue weighted by Gasteiger charge is 2.15. The Morgan fingerprint density at radius 1 is 0.971 bits per heavy atom. The fraction of sp³-hybridized carbons (Fsp3) is 0.0435. The van der Waals surface area contributed by atoms with Crippen molar-refractivity contribution in [2.75, 3.05) is 17.2 Å². The molecular weight excluding hydrogens is 566 g/mol. The lowest BCUT2D eigenvalue weighted by Gasteiger charge is -2.11. The number of hydrazone groups is 1. The van der Waals surface area contributed by atoms with Gasteiger partial charge in [-0.25, -0.2) is 9.82 Å². The van der Waals surface area contributed by atoms with Crippen molar-refractivity contribution in [1.29, 1.82) is 0 Å². The number of carbonyl (C=O) groups excluding carboxylic acids is 3. The average Bonchev–Trinajstić information content (AvgIpc) is 2.83. The second-order valence-electron chi connectivity index (χ2n) is 6.75. The number of halogens is 4. The average molecular weight is 582 g/mol. The van der Waals surface area contributed by atoms with Crippen LogP contribution in [0, 0.1) is 5.82 Å². The molecule has 0 aliphatic rings. The summed E-state index contributed by atoms with van der Waals surface area (Å²) in [6, 6.07) is 15.1. The number of carbonyl (C=O) groups is 3. The smallest absolute Gasteiger partial charge is 0.329 e. The number of para-hydroxylation sites is 1. The zero-order valence-electron chi connectivity index (χ0n) is 17.7. The molecule has 0 aromatic heterocycles. The molecule has 0 heterocycles. The molecule has 3 aromatic carbocycles. The van der Waals surface area contributed by atoms with Crippen LogP contribution < -0.4 is 20.8 Å². The highest BCUT2D eigenvalue weighted by Crippen LogP contribution is 2.29. The summed E-state index contributed by atoms with van der Waals surface area (Å²) in [7, 11) is 0. The molecule has 0 fully saturated rings. The zero-order chi connectivity index (χ0) is 25.4. The van der Waals surface area contributed by atoms with E-state index in [9.17, 15) is 18.8 Å². The molecule has 8 nitrogen and oxygen atoms in total. The number of anilines is 2. The number of hydrogen-bond acceptors (Lipinski definition) is 5. The Kier molecular flexibility index (Phi) is 9.18. The molecule has 3 aromatic rings. The number of amides is 3. The topological polar surface area (TPSA) is 109 Å². The molecule has 3 rings (SSSR count). The molecule has 0 bridgehead atoms. The van der Waals surface area contributed by atoms with Crippen molar-refractivity contribution in [2.45, 2.75) is 0 Å². The minimum atomic E-state index is -1.11. The van der Waals surface area contributed by atoms with Gasteiger partial charge in [-0.2, -0.15) is 5.10 Å². The third-order valence-corrected chi connectivity index (χ3v) is 5.57. The van der Waals surface area contributed by atoms with Crippen LogP contribution in [-0.2, 0) is 14.4 Å². The highest BCUT2D eigenvalue weighted by atomic mass is 79.9. The summed E-state index contributed by atoms with van der Waals surface area (Å²) in [5.41, 5.74) is 2.63. The molecule has 3 N–H and O–H groups in total. The van der Waals surface area contributed by atoms with Crippen LogP contribution in [0.15, 0.2) is 70.2 Å². The second kappa shape index (κ2) is 12.3. The van der Waals surface area contributed by atoms with Gasteiger partial charge in [0.1, 0.15) is 11.6 Å². The van der Waals surface area contributed by atoms with Gasteiger partial charge in [-0.1, -0.05) is 57.3 Å². The number of nitrogens with one attached hydrogen (secondary N) is 3. The van der Waals surface area contributed by atoms with E-state index in [0.717, 1.165) is 6.07 Å². The Balaban J connectivity index is 1.60. The molecule has 0 saturated carbocycles. The first-order chi connectivity index (χ1) is 16.7. The van der Waals surface area contributed by atoms with Crippen LogP contribution in [0.2, 0.25) is 10.0 Å². The Labute approximate surface area is 217 Å². The van der Waals surface area contributed by atoms with E-state index >= 15 is 0 Å². The molecule has 35 heavy (non-hydrogen) atoms. The van der Waals surface area contributed by atoms with Crippen LogP contribution >= 0.6 is 39.1 Å². The SMILES string of the molecule is O=C(COc1ccc(Br)cc1/C=N\NC(=O)C(=O)Nc1ccccc1F)Nc1cccc(Cl)c1Cl. The Morgan fingerprint density at radius 3 is 2.49 bits per heavy atom. The third-order valence-electron chi connectivity index (χ3n) is 4.25. The number of benzene rings is 3. The van der Waals surface area contributed by atoms with Gasteiger partial charge >= 0.3 is 11.8 Å². The third kappa shape index (κ3) is 7.51. The fourth-order valence-electron chi connectivity index (χ4n) is 2.63. The molecule has 3 amide bonds. The van der Waals surface area contributed by atoms with Crippen LogP contribution in [-0.4, -0.2) is 30.5 Å². The number of ether oxygens (including phenoxy) is 1. The van der Waals surface area contributed by atoms with E-state index in [-0.39, 0.29) is 23.1 Å². The molecule has 0 radical (unpaired) electrons. The Hall–Kier alpha value is -3.47. The van der Waals surface area contributed by atoms with Crippen molar-refractivity contribution in [3.05, 3.63) is 86.6 Å². The summed E-state index contributed by atoms with van der Waals surface area (Å²) >= 11 is 15.3. The lowest BCUT2D eigenvalue weighted by Crippen LogP contribution is -2.32. The molecule has 180 valence electrons. The normalized spacial score (nSPS) is 10.6. The minimum absolute atomic E-state index is 0.142. The fourth-order valence-corrected chi connectivity index (χ4v) is 3.36. The molecule has 0 aliphatic heterocycles. The van der Waals surface area contributed by atoms with Crippen LogP contribution in [0.1, 0.15) is 5.56 Å². The predicted molar refractivity (Wildman–Crippen MR) is 135 cm³/mol. The van der Waals surface area contributed by atoms with E-state index in [1.165, 1.54) is 24.4 Å². The Bertz CT molecular complexity index is 1310. The first-order valence-corrected chi connectivity index (χ1v) is 11.3. The van der Waals surface area contributed by atoms with Gasteiger partial charge in [-0.05, 0) is 42.5 Å². The van der Waals surface area contributed by atoms with Crippen molar-refractivity contribution in [1.82, 2.24) is 5.43 Å². The van der Waals surface area contributed by atoms with E-state index in [1.807, 2.05) is 5.43 Å². The maximum absolute atomic E-state index is 13.6. The van der Waals surface area contributed by atoms with E-state index in [2.05, 4.69) is 31.7 Å². The van der Waals surface area contributed by atoms with Gasteiger partial charge in [0.15, 0.2) is 6.61 Å². The first kappa shape index (κ1) is 26.1. The van der Waals surface area contributed by atoms with Crippen LogP contribution in [0.5, 0.6) is 5.75 Å². The minimum Gasteiger partial charge on any atom is -0.483 e. The summed E-state index contributed by atoms with van der Waals surface area (Å²) in [5, 5.41) is 8.97. The standard InChI is InChI=1S/C23H16BrCl2FN4O4/c24-14-8-9-19(35-12-20(32)29-18-7-3-4-15(25)21(18)26)13(10-14)11-28-31-23(34)22(33)30-17-6-2-1-5-16(17)27/h1-11H,12H2,(H,29,32)(H,30,33)(H,31,34)/b28-11-. The molecular formula is C23H16BrCl2FN4O4. The second-order valence-corrected chi connectivity index (χ2v) is 8.45. The maximum Gasteiger partial charge on any atom is 0.329 e. The van der Waals surface area contributed by atoms with Gasteiger partial charge in [0.25, 0.3) is 5.91 Å². The lowest BCUT2D eigenvalue weighted by molar-refractivity contribution is -0.136. The number of rotatable bonds is 7. The summed E-state index contributed by atoms with van der Waals surface area (Å²) in [4.78, 5) is 36.2. The van der Waals surface area contributed by atoms with Crippen molar-refractivity contribution >= 4 is 74.4 Å². The highest BCUT2D eigenvalue weighted by molar-refractivity contribution is 9.10. The molecule has 0 atom stereocenters. The van der Waals surface area contributed by atoms with Crippen LogP contribution in [0.4, 0.5) is 15.8 Å². The number of hydrogen-bond donors (Lipinski definition) is 3. The monoisotopic (exact) mass is 580 g/mol. The van der Waals surface area contributed by atoms with Gasteiger partial charge in [-0.3, -0.25) is 14.4 Å². The summed E-state index contributed by atoms with van der Waals surface area (Å²) in [6.07, 6.45) is 1.22. The lowest BCUT2D eigenvalue weighted by atomic mass is 10.2. The van der Waals surface area contributed by atoms with Crippen molar-refractivity contribution in [2.24, 2.45) is 5.10 Å². The van der Waals surface area contributed by atoms with Gasteiger partial charge in [0, 0.05) is 10.0 Å².